The average molecular weight is 377 g/mol. The van der Waals surface area contributed by atoms with E-state index in [-0.39, 0.29) is 19.0 Å². The average Bonchev–Trinajstić information content (AvgIpc) is 3.12. The molecule has 1 heterocycles. The first-order valence-corrected chi connectivity index (χ1v) is 8.98. The monoisotopic (exact) mass is 377 g/mol. The standard InChI is InChI=1S/C19H27N3O5/c1-19(2,3)27-18(25)21-12-16(23)22-14-8-5-4-7-13(14)11-20-17(24)15-9-6-10-26-15/h4-5,7-8,15H,6,9-12H2,1-3H3,(H,20,24)(H,21,25)(H,22,23). The van der Waals surface area contributed by atoms with Crippen molar-refractivity contribution in [3.05, 3.63) is 29.8 Å². The van der Waals surface area contributed by atoms with Crippen LogP contribution in [0.25, 0.3) is 0 Å². The second-order valence-corrected chi connectivity index (χ2v) is 7.28. The summed E-state index contributed by atoms with van der Waals surface area (Å²) in [5, 5.41) is 7.96. The second-order valence-electron chi connectivity index (χ2n) is 7.28. The minimum atomic E-state index is -0.658. The molecule has 0 aromatic heterocycles. The number of alkyl carbamates (subject to hydrolysis) is 1. The maximum Gasteiger partial charge on any atom is 0.408 e. The van der Waals surface area contributed by atoms with E-state index in [2.05, 4.69) is 16.0 Å². The van der Waals surface area contributed by atoms with Gasteiger partial charge in [0, 0.05) is 18.8 Å². The lowest BCUT2D eigenvalue weighted by atomic mass is 10.1. The highest BCUT2D eigenvalue weighted by atomic mass is 16.6. The van der Waals surface area contributed by atoms with Gasteiger partial charge in [-0.3, -0.25) is 9.59 Å². The number of ether oxygens (including phenoxy) is 2. The minimum absolute atomic E-state index is 0.153. The van der Waals surface area contributed by atoms with Crippen LogP contribution in [0.15, 0.2) is 24.3 Å². The molecule has 1 aliphatic rings. The Balaban J connectivity index is 1.84. The Bertz CT molecular complexity index is 678. The van der Waals surface area contributed by atoms with Crippen LogP contribution in [0.4, 0.5) is 10.5 Å². The van der Waals surface area contributed by atoms with E-state index in [1.54, 1.807) is 32.9 Å². The van der Waals surface area contributed by atoms with Crippen molar-refractivity contribution in [2.75, 3.05) is 18.5 Å². The number of anilines is 1. The molecule has 1 unspecified atom stereocenters. The van der Waals surface area contributed by atoms with E-state index in [9.17, 15) is 14.4 Å². The van der Waals surface area contributed by atoms with Crippen LogP contribution >= 0.6 is 0 Å². The Morgan fingerprint density at radius 3 is 2.59 bits per heavy atom. The minimum Gasteiger partial charge on any atom is -0.444 e. The van der Waals surface area contributed by atoms with Gasteiger partial charge in [0.2, 0.25) is 11.8 Å². The number of rotatable bonds is 6. The summed E-state index contributed by atoms with van der Waals surface area (Å²) in [4.78, 5) is 35.8. The highest BCUT2D eigenvalue weighted by Crippen LogP contribution is 2.16. The lowest BCUT2D eigenvalue weighted by Crippen LogP contribution is -2.37. The molecular weight excluding hydrogens is 350 g/mol. The van der Waals surface area contributed by atoms with Crippen molar-refractivity contribution in [2.45, 2.75) is 51.9 Å². The molecule has 1 atom stereocenters. The molecule has 1 fully saturated rings. The first kappa shape index (κ1) is 20.7. The molecule has 0 spiro atoms. The predicted molar refractivity (Wildman–Crippen MR) is 100 cm³/mol. The molecule has 148 valence electrons. The fraction of sp³-hybridized carbons (Fsp3) is 0.526. The Morgan fingerprint density at radius 1 is 1.19 bits per heavy atom. The van der Waals surface area contributed by atoms with Crippen LogP contribution in [0.3, 0.4) is 0 Å². The number of hydrogen-bond donors (Lipinski definition) is 3. The third kappa shape index (κ3) is 7.26. The van der Waals surface area contributed by atoms with Gasteiger partial charge in [-0.15, -0.1) is 0 Å². The van der Waals surface area contributed by atoms with Gasteiger partial charge in [-0.25, -0.2) is 4.79 Å². The summed E-state index contributed by atoms with van der Waals surface area (Å²) in [6.45, 7) is 5.89. The number of amides is 3. The van der Waals surface area contributed by atoms with Crippen molar-refractivity contribution < 1.29 is 23.9 Å². The quantitative estimate of drug-likeness (QED) is 0.703. The number of carbonyl (C=O) groups is 3. The van der Waals surface area contributed by atoms with Crippen molar-refractivity contribution in [1.82, 2.24) is 10.6 Å². The van der Waals surface area contributed by atoms with Crippen molar-refractivity contribution in [3.8, 4) is 0 Å². The van der Waals surface area contributed by atoms with Crippen LogP contribution in [0.2, 0.25) is 0 Å². The molecule has 0 radical (unpaired) electrons. The van der Waals surface area contributed by atoms with Crippen molar-refractivity contribution in [2.24, 2.45) is 0 Å². The zero-order valence-corrected chi connectivity index (χ0v) is 16.0. The van der Waals surface area contributed by atoms with Crippen molar-refractivity contribution in [1.29, 1.82) is 0 Å². The van der Waals surface area contributed by atoms with Crippen molar-refractivity contribution >= 4 is 23.6 Å². The predicted octanol–water partition coefficient (Wildman–Crippen LogP) is 1.94. The van der Waals surface area contributed by atoms with Gasteiger partial charge in [0.15, 0.2) is 0 Å². The van der Waals surface area contributed by atoms with Gasteiger partial charge >= 0.3 is 6.09 Å². The Hall–Kier alpha value is -2.61. The maximum atomic E-state index is 12.1. The van der Waals surface area contributed by atoms with Crippen LogP contribution in [0, 0.1) is 0 Å². The normalized spacial score (nSPS) is 16.5. The van der Waals surface area contributed by atoms with Gasteiger partial charge in [-0.05, 0) is 45.2 Å². The van der Waals surface area contributed by atoms with E-state index in [1.165, 1.54) is 0 Å². The maximum absolute atomic E-state index is 12.1. The van der Waals surface area contributed by atoms with E-state index in [1.807, 2.05) is 12.1 Å². The summed E-state index contributed by atoms with van der Waals surface area (Å²) < 4.78 is 10.4. The number of carbonyl (C=O) groups excluding carboxylic acids is 3. The molecular formula is C19H27N3O5. The Kier molecular flexibility index (Phi) is 7.18. The topological polar surface area (TPSA) is 106 Å². The van der Waals surface area contributed by atoms with Gasteiger partial charge < -0.3 is 25.4 Å². The van der Waals surface area contributed by atoms with Crippen LogP contribution in [0.5, 0.6) is 0 Å². The third-order valence-corrected chi connectivity index (χ3v) is 3.76. The lowest BCUT2D eigenvalue weighted by molar-refractivity contribution is -0.130. The number of para-hydroxylation sites is 1. The van der Waals surface area contributed by atoms with Gasteiger partial charge in [0.1, 0.15) is 18.2 Å². The highest BCUT2D eigenvalue weighted by molar-refractivity contribution is 5.94. The Morgan fingerprint density at radius 2 is 1.93 bits per heavy atom. The number of nitrogens with one attached hydrogen (secondary N) is 3. The van der Waals surface area contributed by atoms with E-state index < -0.39 is 23.7 Å². The lowest BCUT2D eigenvalue weighted by Gasteiger charge is -2.19. The summed E-state index contributed by atoms with van der Waals surface area (Å²) in [5.74, 6) is -0.543. The fourth-order valence-electron chi connectivity index (χ4n) is 2.54. The molecule has 8 nitrogen and oxygen atoms in total. The Labute approximate surface area is 159 Å². The number of benzene rings is 1. The van der Waals surface area contributed by atoms with E-state index >= 15 is 0 Å². The molecule has 1 aromatic rings. The summed E-state index contributed by atoms with van der Waals surface area (Å²) in [6, 6.07) is 7.15. The molecule has 0 bridgehead atoms. The molecule has 2 rings (SSSR count). The highest BCUT2D eigenvalue weighted by Gasteiger charge is 2.23. The fourth-order valence-corrected chi connectivity index (χ4v) is 2.54. The van der Waals surface area contributed by atoms with Gasteiger partial charge in [-0.2, -0.15) is 0 Å². The molecule has 3 amide bonds. The second kappa shape index (κ2) is 9.36. The summed E-state index contributed by atoms with van der Waals surface area (Å²) in [6.07, 6.45) is 0.551. The smallest absolute Gasteiger partial charge is 0.408 e. The molecule has 1 aromatic carbocycles. The third-order valence-electron chi connectivity index (χ3n) is 3.76. The molecule has 1 saturated heterocycles. The van der Waals surface area contributed by atoms with Crippen LogP contribution in [-0.2, 0) is 25.6 Å². The molecule has 0 saturated carbocycles. The summed E-state index contributed by atoms with van der Waals surface area (Å²) >= 11 is 0. The molecule has 27 heavy (non-hydrogen) atoms. The summed E-state index contributed by atoms with van der Waals surface area (Å²) in [5.41, 5.74) is 0.699. The summed E-state index contributed by atoms with van der Waals surface area (Å²) in [7, 11) is 0. The zero-order chi connectivity index (χ0) is 19.9. The first-order valence-electron chi connectivity index (χ1n) is 8.98. The first-order chi connectivity index (χ1) is 12.7. The van der Waals surface area contributed by atoms with Gasteiger partial charge in [0.25, 0.3) is 0 Å². The van der Waals surface area contributed by atoms with E-state index in [4.69, 9.17) is 9.47 Å². The zero-order valence-electron chi connectivity index (χ0n) is 16.0. The molecule has 0 aliphatic carbocycles. The van der Waals surface area contributed by atoms with Gasteiger partial charge in [-0.1, -0.05) is 18.2 Å². The van der Waals surface area contributed by atoms with Crippen LogP contribution in [-0.4, -0.2) is 42.8 Å². The largest absolute Gasteiger partial charge is 0.444 e. The molecule has 1 aliphatic heterocycles. The van der Waals surface area contributed by atoms with Crippen LogP contribution in [0.1, 0.15) is 39.2 Å². The van der Waals surface area contributed by atoms with Crippen molar-refractivity contribution in [3.63, 3.8) is 0 Å². The number of hydrogen-bond acceptors (Lipinski definition) is 5. The molecule has 8 heteroatoms. The molecule has 3 N–H and O–H groups in total. The van der Waals surface area contributed by atoms with E-state index in [0.29, 0.717) is 12.3 Å². The van der Waals surface area contributed by atoms with Crippen LogP contribution < -0.4 is 16.0 Å². The van der Waals surface area contributed by atoms with E-state index in [0.717, 1.165) is 18.4 Å². The van der Waals surface area contributed by atoms with Gasteiger partial charge in [0.05, 0.1) is 0 Å². The SMILES string of the molecule is CC(C)(C)OC(=O)NCC(=O)Nc1ccccc1CNC(=O)C1CCCO1.